The zero-order chi connectivity index (χ0) is 17.0. The zero-order valence-corrected chi connectivity index (χ0v) is 14.6. The van der Waals surface area contributed by atoms with E-state index in [9.17, 15) is 4.79 Å². The Morgan fingerprint density at radius 3 is 2.87 bits per heavy atom. The molecule has 1 unspecified atom stereocenters. The molecular formula is C17H26N4O2. The molecule has 1 aromatic heterocycles. The minimum absolute atomic E-state index is 0.280. The molecule has 1 heterocycles. The number of rotatable bonds is 4. The van der Waals surface area contributed by atoms with Gasteiger partial charge >= 0.3 is 5.97 Å². The number of aromatic nitrogens is 2. The van der Waals surface area contributed by atoms with Gasteiger partial charge in [-0.2, -0.15) is 5.10 Å². The molecule has 0 spiro atoms. The molecule has 1 aliphatic carbocycles. The van der Waals surface area contributed by atoms with Crippen molar-refractivity contribution in [2.24, 2.45) is 16.4 Å². The number of hydrazone groups is 1. The molecule has 1 atom stereocenters. The van der Waals surface area contributed by atoms with E-state index >= 15 is 0 Å². The highest BCUT2D eigenvalue weighted by Crippen LogP contribution is 2.36. The monoisotopic (exact) mass is 318 g/mol. The van der Waals surface area contributed by atoms with Crippen molar-refractivity contribution in [3.05, 3.63) is 17.5 Å². The Bertz CT molecular complexity index is 611. The molecule has 0 radical (unpaired) electrons. The van der Waals surface area contributed by atoms with Crippen LogP contribution in [0.1, 0.15) is 63.0 Å². The van der Waals surface area contributed by atoms with E-state index in [2.05, 4.69) is 41.3 Å². The van der Waals surface area contributed by atoms with Gasteiger partial charge in [0.2, 0.25) is 5.95 Å². The van der Waals surface area contributed by atoms with Gasteiger partial charge in [-0.15, -0.1) is 0 Å². The minimum Gasteiger partial charge on any atom is -0.462 e. The maximum absolute atomic E-state index is 11.7. The van der Waals surface area contributed by atoms with Crippen molar-refractivity contribution >= 4 is 17.6 Å². The predicted molar refractivity (Wildman–Crippen MR) is 90.6 cm³/mol. The number of carbonyl (C=O) groups excluding carboxylic acids is 1. The third-order valence-electron chi connectivity index (χ3n) is 3.96. The van der Waals surface area contributed by atoms with Gasteiger partial charge in [0.25, 0.3) is 0 Å². The fraction of sp³-hybridized carbons (Fsp3) is 0.647. The second kappa shape index (κ2) is 7.06. The van der Waals surface area contributed by atoms with Crippen molar-refractivity contribution in [2.45, 2.75) is 53.9 Å². The maximum atomic E-state index is 11.7. The van der Waals surface area contributed by atoms with Crippen LogP contribution < -0.4 is 5.43 Å². The highest BCUT2D eigenvalue weighted by Gasteiger charge is 2.29. The number of nitrogens with zero attached hydrogens (tertiary/aromatic N) is 3. The number of anilines is 1. The molecule has 0 saturated heterocycles. The van der Waals surface area contributed by atoms with E-state index in [1.54, 1.807) is 13.8 Å². The van der Waals surface area contributed by atoms with Crippen LogP contribution in [0.25, 0.3) is 0 Å². The van der Waals surface area contributed by atoms with Gasteiger partial charge in [0.1, 0.15) is 0 Å². The van der Waals surface area contributed by atoms with Gasteiger partial charge in [-0.3, -0.25) is 0 Å². The van der Waals surface area contributed by atoms with E-state index in [1.807, 2.05) is 0 Å². The summed E-state index contributed by atoms with van der Waals surface area (Å²) in [7, 11) is 0. The van der Waals surface area contributed by atoms with Crippen LogP contribution in [0.3, 0.4) is 0 Å². The molecule has 126 valence electrons. The molecule has 6 heteroatoms. The molecule has 0 bridgehead atoms. The normalized spacial score (nSPS) is 22.0. The molecule has 6 nitrogen and oxygen atoms in total. The van der Waals surface area contributed by atoms with E-state index < -0.39 is 5.97 Å². The van der Waals surface area contributed by atoms with Crippen LogP contribution in [0.15, 0.2) is 11.3 Å². The van der Waals surface area contributed by atoms with Gasteiger partial charge in [0.15, 0.2) is 0 Å². The standard InChI is InChI=1S/C17H26N4O2/c1-6-23-15(22)14-10-18-16(19-12(14)3)21-20-13-7-11(2)8-17(4,5)9-13/h10-11H,6-9H2,1-5H3,(H,18,19,21)/b20-13+. The summed E-state index contributed by atoms with van der Waals surface area (Å²) in [5, 5.41) is 4.48. The quantitative estimate of drug-likeness (QED) is 0.678. The third kappa shape index (κ3) is 4.74. The lowest BCUT2D eigenvalue weighted by Gasteiger charge is -2.34. The fourth-order valence-electron chi connectivity index (χ4n) is 3.26. The van der Waals surface area contributed by atoms with Crippen LogP contribution in [0.4, 0.5) is 5.95 Å². The molecule has 0 amide bonds. The summed E-state index contributed by atoms with van der Waals surface area (Å²) < 4.78 is 4.97. The maximum Gasteiger partial charge on any atom is 0.341 e. The van der Waals surface area contributed by atoms with E-state index in [-0.39, 0.29) is 5.41 Å². The van der Waals surface area contributed by atoms with E-state index in [4.69, 9.17) is 4.74 Å². The Morgan fingerprint density at radius 2 is 2.26 bits per heavy atom. The number of nitrogens with one attached hydrogen (secondary N) is 1. The number of ether oxygens (including phenoxy) is 1. The van der Waals surface area contributed by atoms with Crippen LogP contribution in [-0.2, 0) is 4.74 Å². The average molecular weight is 318 g/mol. The molecule has 2 rings (SSSR count). The third-order valence-corrected chi connectivity index (χ3v) is 3.96. The van der Waals surface area contributed by atoms with E-state index in [0.717, 1.165) is 18.6 Å². The summed E-state index contributed by atoms with van der Waals surface area (Å²) in [4.78, 5) is 20.2. The molecule has 23 heavy (non-hydrogen) atoms. The Hall–Kier alpha value is -1.98. The molecule has 1 fully saturated rings. The first-order valence-electron chi connectivity index (χ1n) is 8.13. The lowest BCUT2D eigenvalue weighted by molar-refractivity contribution is 0.0524. The summed E-state index contributed by atoms with van der Waals surface area (Å²) in [6.45, 7) is 10.7. The van der Waals surface area contributed by atoms with Crippen LogP contribution in [-0.4, -0.2) is 28.3 Å². The SMILES string of the molecule is CCOC(=O)c1cnc(N/N=C2\CC(C)CC(C)(C)C2)nc1C. The van der Waals surface area contributed by atoms with E-state index in [0.29, 0.717) is 29.7 Å². The average Bonchev–Trinajstić information content (AvgIpc) is 2.43. The summed E-state index contributed by atoms with van der Waals surface area (Å²) in [6.07, 6.45) is 4.67. The van der Waals surface area contributed by atoms with Gasteiger partial charge in [0.05, 0.1) is 17.9 Å². The van der Waals surface area contributed by atoms with E-state index in [1.165, 1.54) is 12.6 Å². The Morgan fingerprint density at radius 1 is 1.52 bits per heavy atom. The van der Waals surface area contributed by atoms with Crippen molar-refractivity contribution in [1.82, 2.24) is 9.97 Å². The molecule has 1 aromatic rings. The Kier molecular flexibility index (Phi) is 5.34. The number of hydrogen-bond acceptors (Lipinski definition) is 6. The van der Waals surface area contributed by atoms with Gasteiger partial charge in [-0.1, -0.05) is 20.8 Å². The smallest absolute Gasteiger partial charge is 0.341 e. The van der Waals surface area contributed by atoms with Gasteiger partial charge < -0.3 is 4.74 Å². The molecule has 0 aliphatic heterocycles. The minimum atomic E-state index is -0.397. The van der Waals surface area contributed by atoms with Crippen molar-refractivity contribution in [1.29, 1.82) is 0 Å². The van der Waals surface area contributed by atoms with Crippen LogP contribution in [0, 0.1) is 18.3 Å². The first-order chi connectivity index (χ1) is 10.8. The molecular weight excluding hydrogens is 292 g/mol. The number of esters is 1. The largest absolute Gasteiger partial charge is 0.462 e. The Balaban J connectivity index is 2.07. The van der Waals surface area contributed by atoms with Crippen molar-refractivity contribution in [2.75, 3.05) is 12.0 Å². The van der Waals surface area contributed by atoms with Crippen LogP contribution in [0.5, 0.6) is 0 Å². The van der Waals surface area contributed by atoms with Crippen molar-refractivity contribution < 1.29 is 9.53 Å². The molecule has 1 N–H and O–H groups in total. The highest BCUT2D eigenvalue weighted by molar-refractivity contribution is 5.90. The molecule has 1 aliphatic rings. The van der Waals surface area contributed by atoms with Crippen molar-refractivity contribution in [3.8, 4) is 0 Å². The molecule has 1 saturated carbocycles. The number of aryl methyl sites for hydroxylation is 1. The van der Waals surface area contributed by atoms with Gasteiger partial charge in [-0.25, -0.2) is 20.2 Å². The summed E-state index contributed by atoms with van der Waals surface area (Å²) in [5.41, 5.74) is 5.32. The first-order valence-corrected chi connectivity index (χ1v) is 8.13. The number of hydrogen-bond donors (Lipinski definition) is 1. The fourth-order valence-corrected chi connectivity index (χ4v) is 3.26. The summed E-state index contributed by atoms with van der Waals surface area (Å²) in [5.74, 6) is 0.637. The predicted octanol–water partition coefficient (Wildman–Crippen LogP) is 3.58. The zero-order valence-electron chi connectivity index (χ0n) is 14.6. The van der Waals surface area contributed by atoms with Crippen molar-refractivity contribution in [3.63, 3.8) is 0 Å². The number of carbonyl (C=O) groups is 1. The second-order valence-corrected chi connectivity index (χ2v) is 7.06. The lowest BCUT2D eigenvalue weighted by Crippen LogP contribution is -2.28. The summed E-state index contributed by atoms with van der Waals surface area (Å²) in [6, 6.07) is 0. The van der Waals surface area contributed by atoms with Gasteiger partial charge in [0, 0.05) is 11.9 Å². The Labute approximate surface area is 137 Å². The summed E-state index contributed by atoms with van der Waals surface area (Å²) >= 11 is 0. The lowest BCUT2D eigenvalue weighted by atomic mass is 9.72. The van der Waals surface area contributed by atoms with Gasteiger partial charge in [-0.05, 0) is 44.4 Å². The van der Waals surface area contributed by atoms with Crippen LogP contribution in [0.2, 0.25) is 0 Å². The molecule has 0 aromatic carbocycles. The topological polar surface area (TPSA) is 76.5 Å². The highest BCUT2D eigenvalue weighted by atomic mass is 16.5. The second-order valence-electron chi connectivity index (χ2n) is 7.06. The first kappa shape index (κ1) is 17.4. The van der Waals surface area contributed by atoms with Crippen LogP contribution >= 0.6 is 0 Å².